The Labute approximate surface area is 121 Å². The molecule has 5 heteroatoms. The Morgan fingerprint density at radius 2 is 1.84 bits per heavy atom. The molecular formula is C14H25ClN4. The number of aromatic nitrogens is 1. The first-order chi connectivity index (χ1) is 9.12. The summed E-state index contributed by atoms with van der Waals surface area (Å²) in [5.41, 5.74) is 6.63. The molecule has 0 saturated carbocycles. The van der Waals surface area contributed by atoms with Crippen LogP contribution in [-0.2, 0) is 0 Å². The van der Waals surface area contributed by atoms with Gasteiger partial charge >= 0.3 is 0 Å². The Morgan fingerprint density at radius 3 is 2.37 bits per heavy atom. The summed E-state index contributed by atoms with van der Waals surface area (Å²) in [5, 5.41) is 0.584. The van der Waals surface area contributed by atoms with Gasteiger partial charge in [-0.15, -0.1) is 0 Å². The third kappa shape index (κ3) is 4.88. The van der Waals surface area contributed by atoms with E-state index in [1.165, 1.54) is 0 Å². The smallest absolute Gasteiger partial charge is 0.151 e. The second-order valence-corrected chi connectivity index (χ2v) is 4.96. The van der Waals surface area contributed by atoms with Gasteiger partial charge in [-0.25, -0.2) is 4.98 Å². The molecule has 0 radical (unpaired) electrons. The van der Waals surface area contributed by atoms with Crippen molar-refractivity contribution >= 4 is 23.1 Å². The summed E-state index contributed by atoms with van der Waals surface area (Å²) < 4.78 is 0. The summed E-state index contributed by atoms with van der Waals surface area (Å²) in [6.07, 6.45) is 2.76. The molecule has 0 aliphatic carbocycles. The molecule has 108 valence electrons. The van der Waals surface area contributed by atoms with Gasteiger partial charge in [0, 0.05) is 19.3 Å². The van der Waals surface area contributed by atoms with Gasteiger partial charge in [-0.05, 0) is 39.0 Å². The van der Waals surface area contributed by atoms with E-state index in [0.29, 0.717) is 10.7 Å². The van der Waals surface area contributed by atoms with Crippen LogP contribution in [0.1, 0.15) is 27.2 Å². The molecule has 1 aromatic heterocycles. The minimum atomic E-state index is 0.584. The molecule has 19 heavy (non-hydrogen) atoms. The predicted octanol–water partition coefficient (Wildman–Crippen LogP) is 2.88. The van der Waals surface area contributed by atoms with Crippen molar-refractivity contribution in [3.8, 4) is 0 Å². The second-order valence-electron chi connectivity index (χ2n) is 4.53. The fourth-order valence-electron chi connectivity index (χ4n) is 2.15. The topological polar surface area (TPSA) is 45.4 Å². The number of halogens is 1. The van der Waals surface area contributed by atoms with Crippen LogP contribution in [0.25, 0.3) is 0 Å². The zero-order valence-electron chi connectivity index (χ0n) is 12.2. The van der Waals surface area contributed by atoms with Gasteiger partial charge in [0.1, 0.15) is 0 Å². The minimum absolute atomic E-state index is 0.584. The highest BCUT2D eigenvalue weighted by Gasteiger charge is 2.10. The van der Waals surface area contributed by atoms with Crippen molar-refractivity contribution in [1.82, 2.24) is 9.88 Å². The SMILES string of the molecule is CCN(CC)CCCN(CC)c1ncc(Cl)cc1N. The van der Waals surface area contributed by atoms with Crippen molar-refractivity contribution in [1.29, 1.82) is 0 Å². The monoisotopic (exact) mass is 284 g/mol. The Bertz CT molecular complexity index is 380. The molecule has 0 saturated heterocycles. The molecule has 1 aromatic rings. The summed E-state index contributed by atoms with van der Waals surface area (Å²) in [7, 11) is 0. The normalized spacial score (nSPS) is 11.0. The number of nitrogen functional groups attached to an aromatic ring is 1. The Kier molecular flexibility index (Phi) is 6.95. The van der Waals surface area contributed by atoms with E-state index in [-0.39, 0.29) is 0 Å². The molecule has 0 aliphatic heterocycles. The van der Waals surface area contributed by atoms with Crippen molar-refractivity contribution < 1.29 is 0 Å². The highest BCUT2D eigenvalue weighted by molar-refractivity contribution is 6.30. The van der Waals surface area contributed by atoms with Gasteiger partial charge in [-0.2, -0.15) is 0 Å². The van der Waals surface area contributed by atoms with Gasteiger partial charge in [0.2, 0.25) is 0 Å². The molecule has 1 heterocycles. The summed E-state index contributed by atoms with van der Waals surface area (Å²) in [6.45, 7) is 11.7. The fourth-order valence-corrected chi connectivity index (χ4v) is 2.32. The van der Waals surface area contributed by atoms with E-state index >= 15 is 0 Å². The first kappa shape index (κ1) is 16.1. The molecule has 0 bridgehead atoms. The van der Waals surface area contributed by atoms with E-state index < -0.39 is 0 Å². The molecule has 0 spiro atoms. The van der Waals surface area contributed by atoms with Crippen LogP contribution in [0.2, 0.25) is 5.02 Å². The van der Waals surface area contributed by atoms with Crippen molar-refractivity contribution in [3.63, 3.8) is 0 Å². The maximum atomic E-state index is 5.98. The molecule has 0 unspecified atom stereocenters. The van der Waals surface area contributed by atoms with Gasteiger partial charge < -0.3 is 15.5 Å². The Morgan fingerprint density at radius 1 is 1.16 bits per heavy atom. The Hall–Kier alpha value is -1.00. The van der Waals surface area contributed by atoms with Crippen LogP contribution in [0.5, 0.6) is 0 Å². The van der Waals surface area contributed by atoms with E-state index in [2.05, 4.69) is 35.6 Å². The lowest BCUT2D eigenvalue weighted by Crippen LogP contribution is -2.30. The molecule has 1 rings (SSSR count). The maximum absolute atomic E-state index is 5.98. The lowest BCUT2D eigenvalue weighted by atomic mass is 10.3. The quantitative estimate of drug-likeness (QED) is 0.797. The summed E-state index contributed by atoms with van der Waals surface area (Å²) in [4.78, 5) is 8.97. The lowest BCUT2D eigenvalue weighted by Gasteiger charge is -2.25. The van der Waals surface area contributed by atoms with Gasteiger partial charge in [0.25, 0.3) is 0 Å². The molecule has 2 N–H and O–H groups in total. The molecule has 4 nitrogen and oxygen atoms in total. The maximum Gasteiger partial charge on any atom is 0.151 e. The van der Waals surface area contributed by atoms with Crippen molar-refractivity contribution in [2.75, 3.05) is 43.4 Å². The van der Waals surface area contributed by atoms with E-state index in [1.54, 1.807) is 12.3 Å². The molecule has 0 fully saturated rings. The average Bonchev–Trinajstić information content (AvgIpc) is 2.40. The van der Waals surface area contributed by atoms with Crippen LogP contribution in [0.15, 0.2) is 12.3 Å². The summed E-state index contributed by atoms with van der Waals surface area (Å²) >= 11 is 5.88. The number of nitrogens with two attached hydrogens (primary N) is 1. The van der Waals surface area contributed by atoms with E-state index in [1.807, 2.05) is 0 Å². The van der Waals surface area contributed by atoms with Gasteiger partial charge in [-0.1, -0.05) is 25.4 Å². The van der Waals surface area contributed by atoms with Gasteiger partial charge in [-0.3, -0.25) is 0 Å². The average molecular weight is 285 g/mol. The van der Waals surface area contributed by atoms with Gasteiger partial charge in [0.15, 0.2) is 5.82 Å². The highest BCUT2D eigenvalue weighted by Crippen LogP contribution is 2.23. The van der Waals surface area contributed by atoms with Crippen LogP contribution >= 0.6 is 11.6 Å². The second kappa shape index (κ2) is 8.23. The highest BCUT2D eigenvalue weighted by atomic mass is 35.5. The molecular weight excluding hydrogens is 260 g/mol. The van der Waals surface area contributed by atoms with E-state index in [4.69, 9.17) is 17.3 Å². The summed E-state index contributed by atoms with van der Waals surface area (Å²) in [5.74, 6) is 0.839. The van der Waals surface area contributed by atoms with Crippen LogP contribution in [0.3, 0.4) is 0 Å². The number of nitrogens with zero attached hydrogens (tertiary/aromatic N) is 3. The summed E-state index contributed by atoms with van der Waals surface area (Å²) in [6, 6.07) is 1.76. The number of pyridine rings is 1. The number of hydrogen-bond donors (Lipinski definition) is 1. The van der Waals surface area contributed by atoms with Crippen LogP contribution < -0.4 is 10.6 Å². The zero-order chi connectivity index (χ0) is 14.3. The lowest BCUT2D eigenvalue weighted by molar-refractivity contribution is 0.300. The predicted molar refractivity (Wildman–Crippen MR) is 84.0 cm³/mol. The van der Waals surface area contributed by atoms with Crippen LogP contribution in [0.4, 0.5) is 11.5 Å². The van der Waals surface area contributed by atoms with Crippen molar-refractivity contribution in [2.45, 2.75) is 27.2 Å². The molecule has 0 aliphatic rings. The molecule has 0 atom stereocenters. The first-order valence-electron chi connectivity index (χ1n) is 7.00. The van der Waals surface area contributed by atoms with E-state index in [9.17, 15) is 0 Å². The molecule has 0 aromatic carbocycles. The third-order valence-corrected chi connectivity index (χ3v) is 3.55. The van der Waals surface area contributed by atoms with E-state index in [0.717, 1.165) is 45.0 Å². The standard InChI is InChI=1S/C14H25ClN4/c1-4-18(5-2)8-7-9-19(6-3)14-13(16)10-12(15)11-17-14/h10-11H,4-9,16H2,1-3H3. The first-order valence-corrected chi connectivity index (χ1v) is 7.38. The number of rotatable bonds is 8. The van der Waals surface area contributed by atoms with Crippen molar-refractivity contribution in [2.24, 2.45) is 0 Å². The third-order valence-electron chi connectivity index (χ3n) is 3.34. The fraction of sp³-hybridized carbons (Fsp3) is 0.643. The van der Waals surface area contributed by atoms with Crippen LogP contribution in [-0.4, -0.2) is 42.6 Å². The number of hydrogen-bond acceptors (Lipinski definition) is 4. The Balaban J connectivity index is 2.58. The zero-order valence-corrected chi connectivity index (χ0v) is 13.0. The molecule has 0 amide bonds. The van der Waals surface area contributed by atoms with Gasteiger partial charge in [0.05, 0.1) is 10.7 Å². The largest absolute Gasteiger partial charge is 0.396 e. The van der Waals surface area contributed by atoms with Crippen molar-refractivity contribution in [3.05, 3.63) is 17.3 Å². The minimum Gasteiger partial charge on any atom is -0.396 e. The number of anilines is 2. The van der Waals surface area contributed by atoms with Crippen LogP contribution in [0, 0.1) is 0 Å².